The van der Waals surface area contributed by atoms with Gasteiger partial charge >= 0.3 is 0 Å². The zero-order valence-corrected chi connectivity index (χ0v) is 14.2. The van der Waals surface area contributed by atoms with Crippen molar-refractivity contribution in [1.82, 2.24) is 5.32 Å². The molecule has 2 nitrogen and oxygen atoms in total. The lowest BCUT2D eigenvalue weighted by molar-refractivity contribution is 0.526. The maximum absolute atomic E-state index is 14.4. The van der Waals surface area contributed by atoms with Crippen LogP contribution in [0.15, 0.2) is 18.2 Å². The van der Waals surface area contributed by atoms with E-state index in [-0.39, 0.29) is 5.82 Å². The standard InChI is InChI=1S/C18H31FN2/c1-14(2)8-10-21(11-9-15(3)4)18-7-6-16(13-20-5)12-17(18)19/h6-7,12,14-15,20H,8-11,13H2,1-5H3. The highest BCUT2D eigenvalue weighted by Gasteiger charge is 2.13. The van der Waals surface area contributed by atoms with Crippen molar-refractivity contribution >= 4 is 5.69 Å². The Hall–Kier alpha value is -1.09. The summed E-state index contributed by atoms with van der Waals surface area (Å²) in [4.78, 5) is 2.21. The quantitative estimate of drug-likeness (QED) is 0.724. The second-order valence-corrected chi connectivity index (χ2v) is 6.67. The summed E-state index contributed by atoms with van der Waals surface area (Å²) < 4.78 is 14.4. The molecule has 0 aliphatic heterocycles. The normalized spacial score (nSPS) is 11.4. The van der Waals surface area contributed by atoms with Gasteiger partial charge in [0, 0.05) is 19.6 Å². The van der Waals surface area contributed by atoms with Crippen LogP contribution in [0.4, 0.5) is 10.1 Å². The number of nitrogens with zero attached hydrogens (tertiary/aromatic N) is 1. The molecule has 1 N–H and O–H groups in total. The Balaban J connectivity index is 2.84. The highest BCUT2D eigenvalue weighted by atomic mass is 19.1. The van der Waals surface area contributed by atoms with E-state index in [0.29, 0.717) is 18.4 Å². The van der Waals surface area contributed by atoms with Gasteiger partial charge in [0.05, 0.1) is 5.69 Å². The summed E-state index contributed by atoms with van der Waals surface area (Å²) in [5.41, 5.74) is 1.74. The summed E-state index contributed by atoms with van der Waals surface area (Å²) in [7, 11) is 1.88. The summed E-state index contributed by atoms with van der Waals surface area (Å²) in [6.07, 6.45) is 2.19. The Morgan fingerprint density at radius 2 is 1.62 bits per heavy atom. The molecule has 0 atom stereocenters. The Kier molecular flexibility index (Phi) is 7.73. The molecule has 0 aliphatic carbocycles. The molecule has 1 aromatic carbocycles. The van der Waals surface area contributed by atoms with Crippen molar-refractivity contribution in [3.63, 3.8) is 0 Å². The summed E-state index contributed by atoms with van der Waals surface area (Å²) in [5.74, 6) is 1.17. The van der Waals surface area contributed by atoms with Crippen molar-refractivity contribution in [2.24, 2.45) is 11.8 Å². The van der Waals surface area contributed by atoms with E-state index < -0.39 is 0 Å². The van der Waals surface area contributed by atoms with Crippen molar-refractivity contribution in [3.8, 4) is 0 Å². The second kappa shape index (κ2) is 9.04. The topological polar surface area (TPSA) is 15.3 Å². The fraction of sp³-hybridized carbons (Fsp3) is 0.667. The van der Waals surface area contributed by atoms with Crippen LogP contribution in [0.5, 0.6) is 0 Å². The number of benzene rings is 1. The first-order chi connectivity index (χ1) is 9.93. The van der Waals surface area contributed by atoms with Gasteiger partial charge in [-0.1, -0.05) is 33.8 Å². The number of nitrogens with one attached hydrogen (secondary N) is 1. The number of hydrogen-bond acceptors (Lipinski definition) is 2. The smallest absolute Gasteiger partial charge is 0.146 e. The summed E-state index contributed by atoms with van der Waals surface area (Å²) >= 11 is 0. The highest BCUT2D eigenvalue weighted by Crippen LogP contribution is 2.22. The van der Waals surface area contributed by atoms with E-state index >= 15 is 0 Å². The van der Waals surface area contributed by atoms with E-state index in [0.717, 1.165) is 37.2 Å². The molecule has 0 spiro atoms. The van der Waals surface area contributed by atoms with E-state index in [1.54, 1.807) is 6.07 Å². The fourth-order valence-corrected chi connectivity index (χ4v) is 2.30. The first-order valence-corrected chi connectivity index (χ1v) is 8.12. The maximum atomic E-state index is 14.4. The SMILES string of the molecule is CNCc1ccc(N(CCC(C)C)CCC(C)C)c(F)c1. The Labute approximate surface area is 129 Å². The largest absolute Gasteiger partial charge is 0.369 e. The zero-order chi connectivity index (χ0) is 15.8. The minimum atomic E-state index is -0.102. The molecule has 0 aliphatic rings. The van der Waals surface area contributed by atoms with Crippen molar-refractivity contribution in [2.75, 3.05) is 25.0 Å². The van der Waals surface area contributed by atoms with Gasteiger partial charge in [-0.3, -0.25) is 0 Å². The van der Waals surface area contributed by atoms with Gasteiger partial charge in [0.1, 0.15) is 5.82 Å². The van der Waals surface area contributed by atoms with Crippen molar-refractivity contribution in [2.45, 2.75) is 47.1 Å². The van der Waals surface area contributed by atoms with Crippen LogP contribution in [0, 0.1) is 17.7 Å². The molecule has 0 saturated heterocycles. The third-order valence-corrected chi connectivity index (χ3v) is 3.69. The lowest BCUT2D eigenvalue weighted by Gasteiger charge is -2.27. The van der Waals surface area contributed by atoms with Gasteiger partial charge in [-0.15, -0.1) is 0 Å². The van der Waals surface area contributed by atoms with Gasteiger partial charge in [-0.05, 0) is 49.4 Å². The Morgan fingerprint density at radius 3 is 2.05 bits per heavy atom. The van der Waals surface area contributed by atoms with Crippen LogP contribution in [0.25, 0.3) is 0 Å². The highest BCUT2D eigenvalue weighted by molar-refractivity contribution is 5.49. The summed E-state index contributed by atoms with van der Waals surface area (Å²) in [5, 5.41) is 3.06. The molecule has 3 heteroatoms. The molecule has 0 amide bonds. The Morgan fingerprint density at radius 1 is 1.05 bits per heavy atom. The predicted octanol–water partition coefficient (Wildman–Crippen LogP) is 4.44. The van der Waals surface area contributed by atoms with Crippen LogP contribution in [-0.4, -0.2) is 20.1 Å². The minimum Gasteiger partial charge on any atom is -0.369 e. The monoisotopic (exact) mass is 294 g/mol. The Bertz CT molecular complexity index is 404. The fourth-order valence-electron chi connectivity index (χ4n) is 2.30. The van der Waals surface area contributed by atoms with Gasteiger partial charge in [-0.25, -0.2) is 4.39 Å². The van der Waals surface area contributed by atoms with E-state index in [9.17, 15) is 4.39 Å². The average molecular weight is 294 g/mol. The molecule has 1 rings (SSSR count). The van der Waals surface area contributed by atoms with Crippen LogP contribution in [0.3, 0.4) is 0 Å². The molecule has 0 unspecified atom stereocenters. The van der Waals surface area contributed by atoms with Gasteiger partial charge in [-0.2, -0.15) is 0 Å². The third kappa shape index (κ3) is 6.47. The summed E-state index contributed by atoms with van der Waals surface area (Å²) in [6.45, 7) is 11.4. The number of rotatable bonds is 9. The molecule has 120 valence electrons. The van der Waals surface area contributed by atoms with Crippen LogP contribution < -0.4 is 10.2 Å². The molecule has 0 saturated carbocycles. The molecule has 0 fully saturated rings. The number of hydrogen-bond donors (Lipinski definition) is 1. The molecule has 0 heterocycles. The van der Waals surface area contributed by atoms with Crippen LogP contribution >= 0.6 is 0 Å². The van der Waals surface area contributed by atoms with Gasteiger partial charge in [0.15, 0.2) is 0 Å². The number of halogens is 1. The van der Waals surface area contributed by atoms with E-state index in [2.05, 4.69) is 37.9 Å². The summed E-state index contributed by atoms with van der Waals surface area (Å²) in [6, 6.07) is 5.61. The minimum absolute atomic E-state index is 0.102. The van der Waals surface area contributed by atoms with Crippen LogP contribution in [0.1, 0.15) is 46.1 Å². The molecular formula is C18H31FN2. The molecule has 0 aromatic heterocycles. The predicted molar refractivity (Wildman–Crippen MR) is 90.3 cm³/mol. The molecular weight excluding hydrogens is 263 g/mol. The average Bonchev–Trinajstić information content (AvgIpc) is 2.40. The van der Waals surface area contributed by atoms with E-state index in [4.69, 9.17) is 0 Å². The second-order valence-electron chi connectivity index (χ2n) is 6.67. The molecule has 0 radical (unpaired) electrons. The zero-order valence-electron chi connectivity index (χ0n) is 14.2. The first-order valence-electron chi connectivity index (χ1n) is 8.12. The van der Waals surface area contributed by atoms with E-state index in [1.165, 1.54) is 0 Å². The third-order valence-electron chi connectivity index (χ3n) is 3.69. The molecule has 1 aromatic rings. The van der Waals surface area contributed by atoms with Crippen molar-refractivity contribution in [1.29, 1.82) is 0 Å². The molecule has 21 heavy (non-hydrogen) atoms. The van der Waals surface area contributed by atoms with E-state index in [1.807, 2.05) is 19.2 Å². The lowest BCUT2D eigenvalue weighted by Crippen LogP contribution is -2.28. The van der Waals surface area contributed by atoms with Crippen molar-refractivity contribution < 1.29 is 4.39 Å². The van der Waals surface area contributed by atoms with Crippen LogP contribution in [-0.2, 0) is 6.54 Å². The van der Waals surface area contributed by atoms with Gasteiger partial charge in [0.2, 0.25) is 0 Å². The first kappa shape index (κ1) is 18.0. The lowest BCUT2D eigenvalue weighted by atomic mass is 10.1. The van der Waals surface area contributed by atoms with Crippen molar-refractivity contribution in [3.05, 3.63) is 29.6 Å². The van der Waals surface area contributed by atoms with Crippen LogP contribution in [0.2, 0.25) is 0 Å². The van der Waals surface area contributed by atoms with Gasteiger partial charge in [0.25, 0.3) is 0 Å². The number of anilines is 1. The molecule has 0 bridgehead atoms. The maximum Gasteiger partial charge on any atom is 0.146 e. The van der Waals surface area contributed by atoms with Gasteiger partial charge < -0.3 is 10.2 Å².